The van der Waals surface area contributed by atoms with Crippen LogP contribution < -0.4 is 15.4 Å². The van der Waals surface area contributed by atoms with E-state index in [1.807, 2.05) is 12.1 Å². The van der Waals surface area contributed by atoms with E-state index in [0.29, 0.717) is 16.8 Å². The third kappa shape index (κ3) is 3.32. The number of aromatic nitrogens is 1. The van der Waals surface area contributed by atoms with Gasteiger partial charge in [0.15, 0.2) is 5.58 Å². The van der Waals surface area contributed by atoms with Gasteiger partial charge in [-0.15, -0.1) is 0 Å². The fourth-order valence-electron chi connectivity index (χ4n) is 2.82. The maximum absolute atomic E-state index is 12.7. The first-order chi connectivity index (χ1) is 12.4. The van der Waals surface area contributed by atoms with Crippen molar-refractivity contribution in [1.29, 1.82) is 0 Å². The van der Waals surface area contributed by atoms with Crippen LogP contribution in [0.1, 0.15) is 13.8 Å². The van der Waals surface area contributed by atoms with Crippen LogP contribution in [0, 0.1) is 0 Å². The molecule has 0 spiro atoms. The number of benzene rings is 2. The zero-order valence-corrected chi connectivity index (χ0v) is 15.7. The lowest BCUT2D eigenvalue weighted by Gasteiger charge is -2.21. The molecule has 0 saturated carbocycles. The number of oxazole rings is 1. The zero-order valence-electron chi connectivity index (χ0n) is 14.9. The number of hydrogen-bond donors (Lipinski definition) is 1. The molecule has 26 heavy (non-hydrogen) atoms. The molecule has 2 aromatic carbocycles. The Morgan fingerprint density at radius 3 is 2.35 bits per heavy atom. The Balaban J connectivity index is 1.89. The average Bonchev–Trinajstić information content (AvgIpc) is 2.91. The van der Waals surface area contributed by atoms with E-state index in [1.165, 1.54) is 29.8 Å². The highest BCUT2D eigenvalue weighted by atomic mass is 32.2. The molecule has 0 unspecified atom stereocenters. The molecular weight excluding hydrogens is 354 g/mol. The highest BCUT2D eigenvalue weighted by molar-refractivity contribution is 7.92. The number of rotatable bonds is 6. The Labute approximate surface area is 151 Å². The van der Waals surface area contributed by atoms with E-state index in [2.05, 4.69) is 23.5 Å². The molecule has 0 aliphatic heterocycles. The maximum atomic E-state index is 12.7. The third-order valence-electron chi connectivity index (χ3n) is 4.32. The van der Waals surface area contributed by atoms with Crippen LogP contribution in [0.3, 0.4) is 0 Å². The summed E-state index contributed by atoms with van der Waals surface area (Å²) in [4.78, 5) is 13.8. The van der Waals surface area contributed by atoms with Gasteiger partial charge in [-0.05, 0) is 56.3 Å². The Hall–Kier alpha value is -2.74. The van der Waals surface area contributed by atoms with Crippen molar-refractivity contribution in [3.63, 3.8) is 0 Å². The predicted octanol–water partition coefficient (Wildman–Crippen LogP) is 2.78. The van der Waals surface area contributed by atoms with Crippen molar-refractivity contribution in [2.75, 3.05) is 22.7 Å². The first-order valence-electron chi connectivity index (χ1n) is 8.33. The van der Waals surface area contributed by atoms with E-state index < -0.39 is 15.8 Å². The summed E-state index contributed by atoms with van der Waals surface area (Å²) in [6, 6.07) is 11.6. The molecule has 3 rings (SSSR count). The third-order valence-corrected chi connectivity index (χ3v) is 5.70. The number of hydrogen-bond acceptors (Lipinski definition) is 5. The van der Waals surface area contributed by atoms with Gasteiger partial charge in [-0.1, -0.05) is 0 Å². The molecule has 0 fully saturated rings. The van der Waals surface area contributed by atoms with Gasteiger partial charge in [-0.2, -0.15) is 0 Å². The molecule has 0 aliphatic carbocycles. The summed E-state index contributed by atoms with van der Waals surface area (Å²) in [7, 11) is -2.25. The second kappa shape index (κ2) is 6.87. The summed E-state index contributed by atoms with van der Waals surface area (Å²) in [5.41, 5.74) is 2.28. The zero-order chi connectivity index (χ0) is 18.9. The van der Waals surface area contributed by atoms with E-state index in [-0.39, 0.29) is 4.90 Å². The average molecular weight is 375 g/mol. The summed E-state index contributed by atoms with van der Waals surface area (Å²) in [5, 5.41) is 0. The molecule has 0 saturated heterocycles. The van der Waals surface area contributed by atoms with Crippen molar-refractivity contribution in [2.45, 2.75) is 18.7 Å². The second-order valence-electron chi connectivity index (χ2n) is 5.88. The predicted molar refractivity (Wildman–Crippen MR) is 102 cm³/mol. The maximum Gasteiger partial charge on any atom is 0.419 e. The van der Waals surface area contributed by atoms with Gasteiger partial charge in [0.25, 0.3) is 10.0 Å². The van der Waals surface area contributed by atoms with Gasteiger partial charge in [0, 0.05) is 31.5 Å². The number of nitrogens with zero attached hydrogens (tertiary/aromatic N) is 2. The molecule has 1 N–H and O–H groups in total. The van der Waals surface area contributed by atoms with E-state index >= 15 is 0 Å². The first-order valence-corrected chi connectivity index (χ1v) is 9.81. The monoisotopic (exact) mass is 375 g/mol. The lowest BCUT2D eigenvalue weighted by Crippen LogP contribution is -2.21. The molecule has 138 valence electrons. The topological polar surface area (TPSA) is 84.6 Å². The van der Waals surface area contributed by atoms with Crippen LogP contribution in [-0.4, -0.2) is 26.1 Å². The molecule has 7 nitrogen and oxygen atoms in total. The van der Waals surface area contributed by atoms with Gasteiger partial charge < -0.3 is 9.32 Å². The summed E-state index contributed by atoms with van der Waals surface area (Å²) >= 11 is 0. The van der Waals surface area contributed by atoms with Gasteiger partial charge in [0.2, 0.25) is 0 Å². The molecule has 0 atom stereocenters. The summed E-state index contributed by atoms with van der Waals surface area (Å²) < 4.78 is 34.2. The molecule has 1 heterocycles. The minimum Gasteiger partial charge on any atom is -0.408 e. The van der Waals surface area contributed by atoms with Crippen molar-refractivity contribution in [3.05, 3.63) is 53.0 Å². The van der Waals surface area contributed by atoms with Crippen LogP contribution in [-0.2, 0) is 17.1 Å². The molecule has 0 radical (unpaired) electrons. The molecule has 0 amide bonds. The molecule has 3 aromatic rings. The molecular formula is C18H21N3O4S. The van der Waals surface area contributed by atoms with Crippen molar-refractivity contribution in [1.82, 2.24) is 4.57 Å². The number of aryl methyl sites for hydroxylation is 1. The van der Waals surface area contributed by atoms with E-state index in [0.717, 1.165) is 18.8 Å². The van der Waals surface area contributed by atoms with Crippen LogP contribution in [0.4, 0.5) is 11.4 Å². The van der Waals surface area contributed by atoms with Gasteiger partial charge in [-0.25, -0.2) is 13.2 Å². The smallest absolute Gasteiger partial charge is 0.408 e. The minimum atomic E-state index is -3.78. The minimum absolute atomic E-state index is 0.0641. The Bertz CT molecular complexity index is 1080. The number of fused-ring (bicyclic) bond motifs is 1. The van der Waals surface area contributed by atoms with Gasteiger partial charge in [0.05, 0.1) is 10.4 Å². The molecule has 8 heteroatoms. The van der Waals surface area contributed by atoms with E-state index in [4.69, 9.17) is 4.42 Å². The van der Waals surface area contributed by atoms with Gasteiger partial charge >= 0.3 is 5.76 Å². The van der Waals surface area contributed by atoms with E-state index in [1.54, 1.807) is 12.1 Å². The standard InChI is InChI=1S/C18H21N3O4S/c1-4-21(5-2)14-8-6-13(7-9-14)19-26(23,24)15-10-11-17-16(12-15)20(3)18(22)25-17/h6-12,19H,4-5H2,1-3H3. The Kier molecular flexibility index (Phi) is 4.78. The van der Waals surface area contributed by atoms with Gasteiger partial charge in [-0.3, -0.25) is 9.29 Å². The van der Waals surface area contributed by atoms with E-state index in [9.17, 15) is 13.2 Å². The number of sulfonamides is 1. The van der Waals surface area contributed by atoms with Crippen molar-refractivity contribution in [3.8, 4) is 0 Å². The fourth-order valence-corrected chi connectivity index (χ4v) is 3.89. The van der Waals surface area contributed by atoms with Crippen LogP contribution in [0.25, 0.3) is 11.1 Å². The molecule has 1 aromatic heterocycles. The Morgan fingerprint density at radius 2 is 1.73 bits per heavy atom. The van der Waals surface area contributed by atoms with Crippen LogP contribution >= 0.6 is 0 Å². The quantitative estimate of drug-likeness (QED) is 0.716. The fraction of sp³-hybridized carbons (Fsp3) is 0.278. The SMILES string of the molecule is CCN(CC)c1ccc(NS(=O)(=O)c2ccc3oc(=O)n(C)c3c2)cc1. The lowest BCUT2D eigenvalue weighted by molar-refractivity contribution is 0.528. The van der Waals surface area contributed by atoms with Crippen molar-refractivity contribution < 1.29 is 12.8 Å². The van der Waals surface area contributed by atoms with Crippen LogP contribution in [0.2, 0.25) is 0 Å². The second-order valence-corrected chi connectivity index (χ2v) is 7.56. The highest BCUT2D eigenvalue weighted by Gasteiger charge is 2.17. The number of anilines is 2. The normalized spacial score (nSPS) is 11.7. The van der Waals surface area contributed by atoms with Gasteiger partial charge in [0.1, 0.15) is 0 Å². The summed E-state index contributed by atoms with van der Waals surface area (Å²) in [6.45, 7) is 5.90. The molecule has 0 aliphatic rings. The van der Waals surface area contributed by atoms with Crippen molar-refractivity contribution >= 4 is 32.5 Å². The summed E-state index contributed by atoms with van der Waals surface area (Å²) in [5.74, 6) is -0.533. The van der Waals surface area contributed by atoms with Crippen LogP contribution in [0.15, 0.2) is 56.6 Å². The highest BCUT2D eigenvalue weighted by Crippen LogP contribution is 2.23. The summed E-state index contributed by atoms with van der Waals surface area (Å²) in [6.07, 6.45) is 0. The van der Waals surface area contributed by atoms with Crippen LogP contribution in [0.5, 0.6) is 0 Å². The van der Waals surface area contributed by atoms with Crippen molar-refractivity contribution in [2.24, 2.45) is 7.05 Å². The first kappa shape index (κ1) is 18.1. The molecule has 0 bridgehead atoms. The number of nitrogens with one attached hydrogen (secondary N) is 1. The lowest BCUT2D eigenvalue weighted by atomic mass is 10.2. The Morgan fingerprint density at radius 1 is 1.08 bits per heavy atom. The largest absolute Gasteiger partial charge is 0.419 e.